The Kier molecular flexibility index (Phi) is 5.38. The number of hydrogen-bond acceptors (Lipinski definition) is 3. The van der Waals surface area contributed by atoms with Gasteiger partial charge in [0.15, 0.2) is 0 Å². The molecule has 0 saturated carbocycles. The van der Waals surface area contributed by atoms with E-state index in [-0.39, 0.29) is 5.91 Å². The van der Waals surface area contributed by atoms with Crippen LogP contribution < -0.4 is 16.0 Å². The van der Waals surface area contributed by atoms with Crippen molar-refractivity contribution in [2.75, 3.05) is 25.5 Å². The first kappa shape index (κ1) is 16.8. The number of amides is 1. The van der Waals surface area contributed by atoms with Crippen molar-refractivity contribution in [2.45, 2.75) is 19.4 Å². The first-order valence-electron chi connectivity index (χ1n) is 8.25. The van der Waals surface area contributed by atoms with E-state index in [1.807, 2.05) is 30.3 Å². The number of anilines is 1. The van der Waals surface area contributed by atoms with Gasteiger partial charge >= 0.3 is 0 Å². The van der Waals surface area contributed by atoms with Gasteiger partial charge in [0.05, 0.1) is 10.7 Å². The fraction of sp³-hybridized carbons (Fsp3) is 0.316. The molecule has 0 fully saturated rings. The van der Waals surface area contributed by atoms with E-state index < -0.39 is 0 Å². The van der Waals surface area contributed by atoms with Gasteiger partial charge in [0.2, 0.25) is 0 Å². The van der Waals surface area contributed by atoms with E-state index in [9.17, 15) is 4.79 Å². The molecule has 1 amide bonds. The molecule has 3 N–H and O–H groups in total. The van der Waals surface area contributed by atoms with E-state index in [0.717, 1.165) is 42.2 Å². The molecule has 4 nitrogen and oxygen atoms in total. The molecular formula is C19H22ClN3O. The van der Waals surface area contributed by atoms with Crippen LogP contribution in [0.25, 0.3) is 0 Å². The minimum absolute atomic E-state index is 0.0709. The van der Waals surface area contributed by atoms with Crippen LogP contribution in [0.3, 0.4) is 0 Å². The lowest BCUT2D eigenvalue weighted by Gasteiger charge is -2.16. The first-order valence-corrected chi connectivity index (χ1v) is 8.62. The molecule has 0 aromatic heterocycles. The minimum Gasteiger partial charge on any atom is -0.380 e. The van der Waals surface area contributed by atoms with Crippen LogP contribution in [-0.2, 0) is 19.4 Å². The number of carbonyl (C=O) groups is 1. The Morgan fingerprint density at radius 1 is 1.12 bits per heavy atom. The van der Waals surface area contributed by atoms with Crippen LogP contribution in [0.4, 0.5) is 5.69 Å². The van der Waals surface area contributed by atoms with Crippen LogP contribution >= 0.6 is 11.6 Å². The van der Waals surface area contributed by atoms with Crippen molar-refractivity contribution in [1.82, 2.24) is 10.6 Å². The zero-order valence-corrected chi connectivity index (χ0v) is 14.5. The van der Waals surface area contributed by atoms with Crippen molar-refractivity contribution in [3.63, 3.8) is 0 Å². The average Bonchev–Trinajstić information content (AvgIpc) is 2.86. The standard InChI is InChI=1S/C19H22ClN3O/c1-21-19(24)15-4-2-13(3-5-15)12-23-18-16-9-11-22-10-8-14(16)6-7-17(18)20/h2-7,22-23H,8-12H2,1H3,(H,21,24). The van der Waals surface area contributed by atoms with E-state index >= 15 is 0 Å². The molecule has 0 unspecified atom stereocenters. The maximum Gasteiger partial charge on any atom is 0.251 e. The molecule has 1 heterocycles. The molecule has 2 aromatic rings. The second kappa shape index (κ2) is 7.69. The van der Waals surface area contributed by atoms with Crippen molar-refractivity contribution in [3.8, 4) is 0 Å². The highest BCUT2D eigenvalue weighted by atomic mass is 35.5. The van der Waals surface area contributed by atoms with Crippen LogP contribution in [0.2, 0.25) is 5.02 Å². The Hall–Kier alpha value is -2.04. The molecule has 0 saturated heterocycles. The summed E-state index contributed by atoms with van der Waals surface area (Å²) in [6, 6.07) is 11.7. The molecule has 0 bridgehead atoms. The Bertz CT molecular complexity index is 728. The van der Waals surface area contributed by atoms with Crippen LogP contribution in [0.1, 0.15) is 27.0 Å². The Morgan fingerprint density at radius 2 is 1.88 bits per heavy atom. The predicted molar refractivity (Wildman–Crippen MR) is 98.9 cm³/mol. The summed E-state index contributed by atoms with van der Waals surface area (Å²) >= 11 is 6.43. The fourth-order valence-corrected chi connectivity index (χ4v) is 3.29. The second-order valence-corrected chi connectivity index (χ2v) is 6.35. The molecule has 0 radical (unpaired) electrons. The molecule has 126 valence electrons. The van der Waals surface area contributed by atoms with E-state index in [0.29, 0.717) is 12.1 Å². The molecule has 3 rings (SSSR count). The van der Waals surface area contributed by atoms with Crippen molar-refractivity contribution in [2.24, 2.45) is 0 Å². The third kappa shape index (κ3) is 3.71. The highest BCUT2D eigenvalue weighted by molar-refractivity contribution is 6.33. The van der Waals surface area contributed by atoms with E-state index in [1.54, 1.807) is 7.05 Å². The summed E-state index contributed by atoms with van der Waals surface area (Å²) in [7, 11) is 1.63. The maximum absolute atomic E-state index is 11.6. The Morgan fingerprint density at radius 3 is 2.62 bits per heavy atom. The molecule has 5 heteroatoms. The number of fused-ring (bicyclic) bond motifs is 1. The summed E-state index contributed by atoms with van der Waals surface area (Å²) in [5.74, 6) is -0.0709. The summed E-state index contributed by atoms with van der Waals surface area (Å²) in [4.78, 5) is 11.6. The van der Waals surface area contributed by atoms with Gasteiger partial charge in [-0.1, -0.05) is 29.8 Å². The molecule has 0 aliphatic carbocycles. The zero-order chi connectivity index (χ0) is 16.9. The van der Waals surface area contributed by atoms with Gasteiger partial charge in [-0.2, -0.15) is 0 Å². The summed E-state index contributed by atoms with van der Waals surface area (Å²) in [5.41, 5.74) is 5.49. The van der Waals surface area contributed by atoms with E-state index in [1.165, 1.54) is 11.1 Å². The number of rotatable bonds is 4. The van der Waals surface area contributed by atoms with Crippen LogP contribution in [0.5, 0.6) is 0 Å². The van der Waals surface area contributed by atoms with Gasteiger partial charge in [-0.3, -0.25) is 4.79 Å². The number of halogens is 1. The average molecular weight is 344 g/mol. The van der Waals surface area contributed by atoms with Crippen molar-refractivity contribution < 1.29 is 4.79 Å². The molecule has 24 heavy (non-hydrogen) atoms. The third-order valence-electron chi connectivity index (χ3n) is 4.39. The number of benzene rings is 2. The fourth-order valence-electron chi connectivity index (χ4n) is 3.04. The highest BCUT2D eigenvalue weighted by Gasteiger charge is 2.14. The van der Waals surface area contributed by atoms with Crippen LogP contribution in [0.15, 0.2) is 36.4 Å². The topological polar surface area (TPSA) is 53.2 Å². The van der Waals surface area contributed by atoms with Gasteiger partial charge in [-0.05, 0) is 60.8 Å². The van der Waals surface area contributed by atoms with Gasteiger partial charge in [-0.25, -0.2) is 0 Å². The lowest BCUT2D eigenvalue weighted by Crippen LogP contribution is -2.17. The second-order valence-electron chi connectivity index (χ2n) is 5.94. The van der Waals surface area contributed by atoms with Gasteiger partial charge in [0.1, 0.15) is 0 Å². The van der Waals surface area contributed by atoms with E-state index in [4.69, 9.17) is 11.6 Å². The van der Waals surface area contributed by atoms with Crippen molar-refractivity contribution in [1.29, 1.82) is 0 Å². The Balaban J connectivity index is 1.76. The molecule has 1 aliphatic heterocycles. The summed E-state index contributed by atoms with van der Waals surface area (Å²) in [6.45, 7) is 2.66. The van der Waals surface area contributed by atoms with Gasteiger partial charge in [-0.15, -0.1) is 0 Å². The first-order chi connectivity index (χ1) is 11.7. The molecule has 0 spiro atoms. The normalized spacial score (nSPS) is 13.8. The van der Waals surface area contributed by atoms with Gasteiger partial charge in [0, 0.05) is 19.2 Å². The van der Waals surface area contributed by atoms with Crippen LogP contribution in [-0.4, -0.2) is 26.0 Å². The lowest BCUT2D eigenvalue weighted by atomic mass is 10.0. The third-order valence-corrected chi connectivity index (χ3v) is 4.71. The number of nitrogens with one attached hydrogen (secondary N) is 3. The maximum atomic E-state index is 11.6. The monoisotopic (exact) mass is 343 g/mol. The van der Waals surface area contributed by atoms with Crippen molar-refractivity contribution in [3.05, 3.63) is 63.7 Å². The molecule has 1 aliphatic rings. The summed E-state index contributed by atoms with van der Waals surface area (Å²) < 4.78 is 0. The SMILES string of the molecule is CNC(=O)c1ccc(CNc2c(Cl)ccc3c2CCNCC3)cc1. The highest BCUT2D eigenvalue weighted by Crippen LogP contribution is 2.31. The predicted octanol–water partition coefficient (Wildman–Crippen LogP) is 3.00. The Labute approximate surface area is 147 Å². The number of hydrogen-bond donors (Lipinski definition) is 3. The zero-order valence-electron chi connectivity index (χ0n) is 13.8. The van der Waals surface area contributed by atoms with Gasteiger partial charge in [0.25, 0.3) is 5.91 Å². The quantitative estimate of drug-likeness (QED) is 0.800. The minimum atomic E-state index is -0.0709. The summed E-state index contributed by atoms with van der Waals surface area (Å²) in [5, 5.41) is 10.3. The molecule has 0 atom stereocenters. The van der Waals surface area contributed by atoms with Crippen LogP contribution in [0, 0.1) is 0 Å². The summed E-state index contributed by atoms with van der Waals surface area (Å²) in [6.07, 6.45) is 2.01. The largest absolute Gasteiger partial charge is 0.380 e. The van der Waals surface area contributed by atoms with Gasteiger partial charge < -0.3 is 16.0 Å². The number of carbonyl (C=O) groups excluding carboxylic acids is 1. The molecular weight excluding hydrogens is 322 g/mol. The smallest absolute Gasteiger partial charge is 0.251 e. The molecule has 2 aromatic carbocycles. The van der Waals surface area contributed by atoms with E-state index in [2.05, 4.69) is 22.0 Å². The van der Waals surface area contributed by atoms with Crippen molar-refractivity contribution >= 4 is 23.2 Å². The lowest BCUT2D eigenvalue weighted by molar-refractivity contribution is 0.0963.